The van der Waals surface area contributed by atoms with Gasteiger partial charge in [-0.15, -0.1) is 0 Å². The first-order valence-electron chi connectivity index (χ1n) is 10.5. The van der Waals surface area contributed by atoms with Gasteiger partial charge < -0.3 is 15.3 Å². The minimum Gasteiger partial charge on any atom is -0.390 e. The Morgan fingerprint density at radius 2 is 1.89 bits per heavy atom. The SMILES string of the molecule is Cc1ccccc1[C@H](CNC(=O)CC12C[C@H]3C[C@@H](CC(O)(C3)C1)C2)N(C)C. The lowest BCUT2D eigenvalue weighted by atomic mass is 9.47. The molecule has 4 bridgehead atoms. The second-order valence-electron chi connectivity index (χ2n) is 10.0. The van der Waals surface area contributed by atoms with Crippen molar-refractivity contribution in [1.82, 2.24) is 10.2 Å². The Bertz CT molecular complexity index is 700. The van der Waals surface area contributed by atoms with E-state index >= 15 is 0 Å². The van der Waals surface area contributed by atoms with E-state index in [2.05, 4.69) is 55.5 Å². The number of carbonyl (C=O) groups is 1. The van der Waals surface area contributed by atoms with Crippen LogP contribution < -0.4 is 5.32 Å². The van der Waals surface area contributed by atoms with Gasteiger partial charge in [0, 0.05) is 13.0 Å². The first-order chi connectivity index (χ1) is 12.8. The molecule has 5 rings (SSSR count). The lowest BCUT2D eigenvalue weighted by Gasteiger charge is -2.60. The molecule has 0 unspecified atom stereocenters. The molecular weight excluding hydrogens is 336 g/mol. The van der Waals surface area contributed by atoms with Gasteiger partial charge in [-0.2, -0.15) is 0 Å². The fraction of sp³-hybridized carbons (Fsp3) is 0.696. The molecule has 4 heteroatoms. The van der Waals surface area contributed by atoms with Gasteiger partial charge in [0.2, 0.25) is 5.91 Å². The van der Waals surface area contributed by atoms with E-state index < -0.39 is 5.60 Å². The number of hydrogen-bond acceptors (Lipinski definition) is 3. The first kappa shape index (κ1) is 18.9. The second kappa shape index (κ2) is 6.89. The number of nitrogens with zero attached hydrogens (tertiary/aromatic N) is 1. The van der Waals surface area contributed by atoms with Gasteiger partial charge in [0.05, 0.1) is 11.6 Å². The highest BCUT2D eigenvalue weighted by atomic mass is 16.3. The van der Waals surface area contributed by atoms with Gasteiger partial charge in [0.1, 0.15) is 0 Å². The first-order valence-corrected chi connectivity index (χ1v) is 10.5. The average Bonchev–Trinajstić information content (AvgIpc) is 2.53. The molecule has 1 amide bonds. The number of amides is 1. The Morgan fingerprint density at radius 3 is 2.48 bits per heavy atom. The van der Waals surface area contributed by atoms with Crippen LogP contribution in [0, 0.1) is 24.2 Å². The van der Waals surface area contributed by atoms with Crippen LogP contribution in [0.15, 0.2) is 24.3 Å². The molecule has 4 aliphatic rings. The highest BCUT2D eigenvalue weighted by Crippen LogP contribution is 2.62. The predicted octanol–water partition coefficient (Wildman–Crippen LogP) is 3.44. The van der Waals surface area contributed by atoms with E-state index in [1.165, 1.54) is 17.5 Å². The third-order valence-electron chi connectivity index (χ3n) is 7.35. The topological polar surface area (TPSA) is 52.6 Å². The number of aliphatic hydroxyl groups is 1. The Balaban J connectivity index is 1.40. The average molecular weight is 371 g/mol. The molecule has 0 radical (unpaired) electrons. The van der Waals surface area contributed by atoms with E-state index in [4.69, 9.17) is 0 Å². The minimum absolute atomic E-state index is 0.0409. The van der Waals surface area contributed by atoms with Crippen molar-refractivity contribution in [3.63, 3.8) is 0 Å². The summed E-state index contributed by atoms with van der Waals surface area (Å²) >= 11 is 0. The summed E-state index contributed by atoms with van der Waals surface area (Å²) in [6.45, 7) is 2.76. The molecule has 4 aliphatic carbocycles. The van der Waals surface area contributed by atoms with Gasteiger partial charge >= 0.3 is 0 Å². The van der Waals surface area contributed by atoms with Gasteiger partial charge in [-0.3, -0.25) is 4.79 Å². The molecule has 4 fully saturated rings. The number of likely N-dealkylation sites (N-methyl/N-ethyl adjacent to an activating group) is 1. The Hall–Kier alpha value is -1.39. The van der Waals surface area contributed by atoms with E-state index in [-0.39, 0.29) is 17.4 Å². The summed E-state index contributed by atoms with van der Waals surface area (Å²) in [5, 5.41) is 14.1. The number of hydrogen-bond donors (Lipinski definition) is 2. The molecular formula is C23H34N2O2. The molecule has 27 heavy (non-hydrogen) atoms. The number of nitrogens with one attached hydrogen (secondary N) is 1. The molecule has 0 aromatic heterocycles. The van der Waals surface area contributed by atoms with Crippen LogP contribution in [0.4, 0.5) is 0 Å². The Kier molecular flexibility index (Phi) is 4.84. The molecule has 4 nitrogen and oxygen atoms in total. The van der Waals surface area contributed by atoms with Crippen LogP contribution in [-0.2, 0) is 4.79 Å². The molecule has 4 saturated carbocycles. The predicted molar refractivity (Wildman–Crippen MR) is 107 cm³/mol. The summed E-state index contributed by atoms with van der Waals surface area (Å²) in [4.78, 5) is 15.0. The van der Waals surface area contributed by atoms with E-state index in [0.29, 0.717) is 24.8 Å². The smallest absolute Gasteiger partial charge is 0.220 e. The fourth-order valence-corrected chi connectivity index (χ4v) is 6.75. The largest absolute Gasteiger partial charge is 0.390 e. The normalized spacial score (nSPS) is 35.4. The summed E-state index contributed by atoms with van der Waals surface area (Å²) < 4.78 is 0. The number of carbonyl (C=O) groups excluding carboxylic acids is 1. The van der Waals surface area contributed by atoms with Gasteiger partial charge in [-0.25, -0.2) is 0 Å². The van der Waals surface area contributed by atoms with Gasteiger partial charge in [-0.05, 0) is 87.9 Å². The van der Waals surface area contributed by atoms with Crippen molar-refractivity contribution < 1.29 is 9.90 Å². The second-order valence-corrected chi connectivity index (χ2v) is 10.0. The Morgan fingerprint density at radius 1 is 1.22 bits per heavy atom. The van der Waals surface area contributed by atoms with Gasteiger partial charge in [0.25, 0.3) is 0 Å². The molecule has 0 saturated heterocycles. The summed E-state index contributed by atoms with van der Waals surface area (Å²) in [6, 6.07) is 8.58. The van der Waals surface area contributed by atoms with Crippen LogP contribution in [-0.4, -0.2) is 42.2 Å². The van der Waals surface area contributed by atoms with Crippen molar-refractivity contribution in [2.45, 2.75) is 63.5 Å². The number of benzene rings is 1. The van der Waals surface area contributed by atoms with Crippen molar-refractivity contribution in [2.24, 2.45) is 17.3 Å². The van der Waals surface area contributed by atoms with E-state index in [9.17, 15) is 9.90 Å². The fourth-order valence-electron chi connectivity index (χ4n) is 6.75. The van der Waals surface area contributed by atoms with Crippen LogP contribution in [0.3, 0.4) is 0 Å². The molecule has 1 aromatic carbocycles. The highest BCUT2D eigenvalue weighted by Gasteiger charge is 2.57. The molecule has 0 aliphatic heterocycles. The van der Waals surface area contributed by atoms with Crippen LogP contribution in [0.5, 0.6) is 0 Å². The number of rotatable bonds is 6. The maximum absolute atomic E-state index is 12.9. The van der Waals surface area contributed by atoms with Crippen molar-refractivity contribution in [3.8, 4) is 0 Å². The van der Waals surface area contributed by atoms with Crippen molar-refractivity contribution >= 4 is 5.91 Å². The van der Waals surface area contributed by atoms with Crippen molar-refractivity contribution in [2.75, 3.05) is 20.6 Å². The van der Waals surface area contributed by atoms with Crippen LogP contribution >= 0.6 is 0 Å². The summed E-state index contributed by atoms with van der Waals surface area (Å²) in [7, 11) is 4.13. The molecule has 0 heterocycles. The maximum atomic E-state index is 12.9. The van der Waals surface area contributed by atoms with E-state index in [1.807, 2.05) is 0 Å². The third-order valence-corrected chi connectivity index (χ3v) is 7.35. The zero-order valence-corrected chi connectivity index (χ0v) is 17.0. The molecule has 148 valence electrons. The third kappa shape index (κ3) is 3.79. The zero-order chi connectivity index (χ0) is 19.2. The quantitative estimate of drug-likeness (QED) is 0.807. The monoisotopic (exact) mass is 370 g/mol. The summed E-state index contributed by atoms with van der Waals surface area (Å²) in [6.07, 6.45) is 6.86. The van der Waals surface area contributed by atoms with Crippen LogP contribution in [0.1, 0.15) is 62.1 Å². The summed E-state index contributed by atoms with van der Waals surface area (Å²) in [5.41, 5.74) is 2.08. The molecule has 3 atom stereocenters. The lowest BCUT2D eigenvalue weighted by molar-refractivity contribution is -0.169. The standard InChI is InChI=1S/C23H34N2O2/c1-16-6-4-5-7-19(16)20(25(2)3)14-24-21(26)13-22-9-17-8-18(10-22)12-23(27,11-17)15-22/h4-7,17-18,20,27H,8-15H2,1-3H3,(H,24,26)/t17-,18-,20+,22?,23?/m1/s1. The van der Waals surface area contributed by atoms with E-state index in [1.54, 1.807) is 0 Å². The number of aryl methyl sites for hydroxylation is 1. The van der Waals surface area contributed by atoms with Crippen LogP contribution in [0.2, 0.25) is 0 Å². The Labute approximate surface area is 163 Å². The molecule has 1 aromatic rings. The summed E-state index contributed by atoms with van der Waals surface area (Å²) in [5.74, 6) is 1.41. The zero-order valence-electron chi connectivity index (χ0n) is 17.0. The van der Waals surface area contributed by atoms with Crippen molar-refractivity contribution in [3.05, 3.63) is 35.4 Å². The minimum atomic E-state index is -0.488. The lowest BCUT2D eigenvalue weighted by Crippen LogP contribution is -2.56. The van der Waals surface area contributed by atoms with Crippen LogP contribution in [0.25, 0.3) is 0 Å². The maximum Gasteiger partial charge on any atom is 0.220 e. The highest BCUT2D eigenvalue weighted by molar-refractivity contribution is 5.77. The molecule has 2 N–H and O–H groups in total. The molecule has 0 spiro atoms. The van der Waals surface area contributed by atoms with Gasteiger partial charge in [0.15, 0.2) is 0 Å². The van der Waals surface area contributed by atoms with E-state index in [0.717, 1.165) is 32.1 Å². The van der Waals surface area contributed by atoms with Gasteiger partial charge in [-0.1, -0.05) is 24.3 Å². The van der Waals surface area contributed by atoms with Crippen molar-refractivity contribution in [1.29, 1.82) is 0 Å².